The molecule has 0 atom stereocenters. The fraction of sp³-hybridized carbons (Fsp3) is 0.235. The van der Waals surface area contributed by atoms with Crippen molar-refractivity contribution in [1.82, 2.24) is 0 Å². The monoisotopic (exact) mass is 256 g/mol. The van der Waals surface area contributed by atoms with E-state index in [1.54, 1.807) is 6.07 Å². The molecule has 0 aliphatic carbocycles. The number of benzene rings is 2. The minimum Gasteiger partial charge on any atom is -0.289 e. The summed E-state index contributed by atoms with van der Waals surface area (Å²) in [5.74, 6) is 0.159. The third kappa shape index (κ3) is 3.50. The normalized spacial score (nSPS) is 10.7. The molecule has 98 valence electrons. The molecule has 0 fully saturated rings. The largest absolute Gasteiger partial charge is 0.289 e. The van der Waals surface area contributed by atoms with Gasteiger partial charge in [-0.05, 0) is 48.2 Å². The van der Waals surface area contributed by atoms with E-state index in [0.29, 0.717) is 17.0 Å². The third-order valence-corrected chi connectivity index (χ3v) is 2.94. The van der Waals surface area contributed by atoms with Gasteiger partial charge in [0.05, 0.1) is 0 Å². The van der Waals surface area contributed by atoms with Crippen molar-refractivity contribution in [1.29, 1.82) is 0 Å². The van der Waals surface area contributed by atoms with E-state index in [1.165, 1.54) is 24.3 Å². The van der Waals surface area contributed by atoms with Gasteiger partial charge in [0.15, 0.2) is 5.78 Å². The Kier molecular flexibility index (Phi) is 4.10. The van der Waals surface area contributed by atoms with Crippen LogP contribution in [0.5, 0.6) is 0 Å². The SMILES string of the molecule is CC(C)Cc1cccc(C(=O)c2ccc(F)cc2)c1. The molecule has 0 saturated heterocycles. The maximum Gasteiger partial charge on any atom is 0.193 e. The summed E-state index contributed by atoms with van der Waals surface area (Å²) in [6.45, 7) is 4.29. The predicted octanol–water partition coefficient (Wildman–Crippen LogP) is 4.26. The molecule has 2 rings (SSSR count). The lowest BCUT2D eigenvalue weighted by molar-refractivity contribution is 0.103. The van der Waals surface area contributed by atoms with E-state index in [4.69, 9.17) is 0 Å². The standard InChI is InChI=1S/C17H17FO/c1-12(2)10-13-4-3-5-15(11-13)17(19)14-6-8-16(18)9-7-14/h3-9,11-12H,10H2,1-2H3. The Balaban J connectivity index is 2.26. The van der Waals surface area contributed by atoms with Crippen LogP contribution in [0.2, 0.25) is 0 Å². The molecule has 0 amide bonds. The van der Waals surface area contributed by atoms with Crippen molar-refractivity contribution < 1.29 is 9.18 Å². The van der Waals surface area contributed by atoms with E-state index < -0.39 is 0 Å². The van der Waals surface area contributed by atoms with Gasteiger partial charge in [-0.25, -0.2) is 4.39 Å². The third-order valence-electron chi connectivity index (χ3n) is 2.94. The molecule has 0 aromatic heterocycles. The zero-order chi connectivity index (χ0) is 13.8. The van der Waals surface area contributed by atoms with Crippen molar-refractivity contribution >= 4 is 5.78 Å². The number of halogens is 1. The average molecular weight is 256 g/mol. The Hall–Kier alpha value is -1.96. The Morgan fingerprint density at radius 2 is 1.74 bits per heavy atom. The van der Waals surface area contributed by atoms with Gasteiger partial charge in [-0.2, -0.15) is 0 Å². The maximum atomic E-state index is 12.8. The molecule has 2 aromatic rings. The first kappa shape index (κ1) is 13.5. The number of hydrogen-bond donors (Lipinski definition) is 0. The molecule has 0 aliphatic heterocycles. The Morgan fingerprint density at radius 1 is 1.05 bits per heavy atom. The second kappa shape index (κ2) is 5.79. The Bertz CT molecular complexity index is 570. The zero-order valence-electron chi connectivity index (χ0n) is 11.2. The van der Waals surface area contributed by atoms with Crippen molar-refractivity contribution in [3.63, 3.8) is 0 Å². The first-order valence-corrected chi connectivity index (χ1v) is 6.45. The van der Waals surface area contributed by atoms with Gasteiger partial charge in [-0.15, -0.1) is 0 Å². The van der Waals surface area contributed by atoms with Crippen LogP contribution in [0.4, 0.5) is 4.39 Å². The molecule has 19 heavy (non-hydrogen) atoms. The van der Waals surface area contributed by atoms with E-state index in [0.717, 1.165) is 12.0 Å². The van der Waals surface area contributed by atoms with Gasteiger partial charge in [-0.1, -0.05) is 32.0 Å². The molecule has 0 unspecified atom stereocenters. The van der Waals surface area contributed by atoms with Gasteiger partial charge in [-0.3, -0.25) is 4.79 Å². The topological polar surface area (TPSA) is 17.1 Å². The molecular formula is C17H17FO. The number of hydrogen-bond acceptors (Lipinski definition) is 1. The Morgan fingerprint density at radius 3 is 2.37 bits per heavy atom. The molecule has 0 N–H and O–H groups in total. The van der Waals surface area contributed by atoms with Crippen LogP contribution in [0, 0.1) is 11.7 Å². The number of carbonyl (C=O) groups is 1. The van der Waals surface area contributed by atoms with E-state index in [9.17, 15) is 9.18 Å². The molecule has 2 heteroatoms. The van der Waals surface area contributed by atoms with Crippen LogP contribution in [0.25, 0.3) is 0 Å². The highest BCUT2D eigenvalue weighted by molar-refractivity contribution is 6.09. The Labute approximate surface area is 113 Å². The zero-order valence-corrected chi connectivity index (χ0v) is 11.2. The van der Waals surface area contributed by atoms with Crippen LogP contribution in [0.1, 0.15) is 35.3 Å². The van der Waals surface area contributed by atoms with Gasteiger partial charge < -0.3 is 0 Å². The van der Waals surface area contributed by atoms with Crippen LogP contribution in [-0.2, 0) is 6.42 Å². The van der Waals surface area contributed by atoms with Crippen molar-refractivity contribution in [3.05, 3.63) is 71.0 Å². The summed E-state index contributed by atoms with van der Waals surface area (Å²) >= 11 is 0. The fourth-order valence-electron chi connectivity index (χ4n) is 2.08. The predicted molar refractivity (Wildman–Crippen MR) is 74.8 cm³/mol. The lowest BCUT2D eigenvalue weighted by Crippen LogP contribution is -2.03. The van der Waals surface area contributed by atoms with Gasteiger partial charge in [0, 0.05) is 11.1 Å². The van der Waals surface area contributed by atoms with Gasteiger partial charge in [0.25, 0.3) is 0 Å². The summed E-state index contributed by atoms with van der Waals surface area (Å²) in [5.41, 5.74) is 2.33. The number of ketones is 1. The lowest BCUT2D eigenvalue weighted by atomic mass is 9.97. The quantitative estimate of drug-likeness (QED) is 0.747. The van der Waals surface area contributed by atoms with Crippen LogP contribution < -0.4 is 0 Å². The molecule has 0 radical (unpaired) electrons. The fourth-order valence-corrected chi connectivity index (χ4v) is 2.08. The minimum absolute atomic E-state index is 0.0643. The van der Waals surface area contributed by atoms with Crippen LogP contribution in [-0.4, -0.2) is 5.78 Å². The molecule has 0 aliphatic rings. The number of rotatable bonds is 4. The molecule has 1 nitrogen and oxygen atoms in total. The summed E-state index contributed by atoms with van der Waals surface area (Å²) in [5, 5.41) is 0. The molecule has 2 aromatic carbocycles. The second-order valence-electron chi connectivity index (χ2n) is 5.13. The average Bonchev–Trinajstić information content (AvgIpc) is 2.38. The van der Waals surface area contributed by atoms with Crippen molar-refractivity contribution in [2.45, 2.75) is 20.3 Å². The molecule has 0 spiro atoms. The minimum atomic E-state index is -0.329. The maximum absolute atomic E-state index is 12.8. The molecular weight excluding hydrogens is 239 g/mol. The molecule has 0 saturated carbocycles. The van der Waals surface area contributed by atoms with Crippen molar-refractivity contribution in [2.24, 2.45) is 5.92 Å². The summed E-state index contributed by atoms with van der Waals surface area (Å²) < 4.78 is 12.8. The first-order valence-electron chi connectivity index (χ1n) is 6.45. The van der Waals surface area contributed by atoms with Gasteiger partial charge in [0.1, 0.15) is 5.82 Å². The molecule has 0 bridgehead atoms. The highest BCUT2D eigenvalue weighted by Crippen LogP contribution is 2.15. The summed E-state index contributed by atoms with van der Waals surface area (Å²) in [6, 6.07) is 13.3. The highest BCUT2D eigenvalue weighted by Gasteiger charge is 2.10. The second-order valence-corrected chi connectivity index (χ2v) is 5.13. The van der Waals surface area contributed by atoms with Crippen molar-refractivity contribution in [2.75, 3.05) is 0 Å². The lowest BCUT2D eigenvalue weighted by Gasteiger charge is -2.07. The van der Waals surface area contributed by atoms with E-state index in [-0.39, 0.29) is 11.6 Å². The van der Waals surface area contributed by atoms with Crippen LogP contribution in [0.3, 0.4) is 0 Å². The molecule has 0 heterocycles. The van der Waals surface area contributed by atoms with Crippen molar-refractivity contribution in [3.8, 4) is 0 Å². The summed E-state index contributed by atoms with van der Waals surface area (Å²) in [4.78, 5) is 12.3. The van der Waals surface area contributed by atoms with E-state index in [2.05, 4.69) is 13.8 Å². The smallest absolute Gasteiger partial charge is 0.193 e. The summed E-state index contributed by atoms with van der Waals surface area (Å²) in [6.07, 6.45) is 0.949. The van der Waals surface area contributed by atoms with Crippen LogP contribution in [0.15, 0.2) is 48.5 Å². The first-order chi connectivity index (χ1) is 9.06. The van der Waals surface area contributed by atoms with Gasteiger partial charge >= 0.3 is 0 Å². The number of carbonyl (C=O) groups excluding carboxylic acids is 1. The summed E-state index contributed by atoms with van der Waals surface area (Å²) in [7, 11) is 0. The van der Waals surface area contributed by atoms with Gasteiger partial charge in [0.2, 0.25) is 0 Å². The highest BCUT2D eigenvalue weighted by atomic mass is 19.1. The van der Waals surface area contributed by atoms with Crippen LogP contribution >= 0.6 is 0 Å². The van der Waals surface area contributed by atoms with E-state index >= 15 is 0 Å². The van der Waals surface area contributed by atoms with E-state index in [1.807, 2.05) is 18.2 Å².